The van der Waals surface area contributed by atoms with Crippen molar-refractivity contribution in [2.24, 2.45) is 0 Å². The average molecular weight is 304 g/mol. The molecule has 0 saturated carbocycles. The lowest BCUT2D eigenvalue weighted by molar-refractivity contribution is -0.383. The van der Waals surface area contributed by atoms with Gasteiger partial charge in [-0.05, 0) is 24.4 Å². The number of nitrogens with one attached hydrogen (secondary N) is 2. The van der Waals surface area contributed by atoms with E-state index in [1.165, 1.54) is 13.2 Å². The highest BCUT2D eigenvalue weighted by Gasteiger charge is 2.13. The number of thiocarbonyl (C=S) groups is 1. The molecule has 2 aromatic rings. The van der Waals surface area contributed by atoms with E-state index < -0.39 is 4.92 Å². The monoisotopic (exact) mass is 304 g/mol. The highest BCUT2D eigenvalue weighted by Crippen LogP contribution is 2.23. The molecule has 1 aromatic heterocycles. The van der Waals surface area contributed by atoms with Crippen LogP contribution in [0.2, 0.25) is 0 Å². The number of ether oxygens (including phenoxy) is 1. The van der Waals surface area contributed by atoms with Crippen LogP contribution in [0.15, 0.2) is 42.6 Å². The Labute approximate surface area is 126 Å². The topological polar surface area (TPSA) is 89.3 Å². The Hall–Kier alpha value is -2.74. The predicted octanol–water partition coefficient (Wildman–Crippen LogP) is 2.81. The summed E-state index contributed by atoms with van der Waals surface area (Å²) >= 11 is 5.12. The third-order valence-electron chi connectivity index (χ3n) is 2.55. The largest absolute Gasteiger partial charge is 0.481 e. The maximum absolute atomic E-state index is 10.9. The predicted molar refractivity (Wildman–Crippen MR) is 83.7 cm³/mol. The first kappa shape index (κ1) is 14.7. The summed E-state index contributed by atoms with van der Waals surface area (Å²) < 4.78 is 4.95. The van der Waals surface area contributed by atoms with Gasteiger partial charge < -0.3 is 15.4 Å². The quantitative estimate of drug-likeness (QED) is 0.510. The molecule has 2 rings (SSSR count). The molecule has 0 radical (unpaired) electrons. The summed E-state index contributed by atoms with van der Waals surface area (Å²) in [5.41, 5.74) is 0.919. The number of methoxy groups -OCH3 is 1. The Kier molecular flexibility index (Phi) is 4.62. The molecule has 1 aromatic carbocycles. The zero-order valence-corrected chi connectivity index (χ0v) is 11.9. The van der Waals surface area contributed by atoms with Crippen LogP contribution in [-0.4, -0.2) is 22.1 Å². The van der Waals surface area contributed by atoms with Gasteiger partial charge in [-0.25, -0.2) is 4.98 Å². The van der Waals surface area contributed by atoms with Gasteiger partial charge >= 0.3 is 0 Å². The first-order valence-electron chi connectivity index (χ1n) is 5.91. The molecule has 0 spiro atoms. The molecule has 0 fully saturated rings. The third kappa shape index (κ3) is 3.86. The lowest BCUT2D eigenvalue weighted by Crippen LogP contribution is -2.19. The summed E-state index contributed by atoms with van der Waals surface area (Å²) in [7, 11) is 1.52. The van der Waals surface area contributed by atoms with Gasteiger partial charge in [0, 0.05) is 12.1 Å². The van der Waals surface area contributed by atoms with Gasteiger partial charge in [0.15, 0.2) is 5.11 Å². The maximum Gasteiger partial charge on any atom is 0.292 e. The summed E-state index contributed by atoms with van der Waals surface area (Å²) in [6.45, 7) is 0. The van der Waals surface area contributed by atoms with Crippen LogP contribution in [0.4, 0.5) is 17.1 Å². The number of nitro groups is 1. The second-order valence-corrected chi connectivity index (χ2v) is 4.35. The number of pyridine rings is 1. The van der Waals surface area contributed by atoms with Crippen LogP contribution in [0, 0.1) is 10.1 Å². The normalized spacial score (nSPS) is 9.76. The SMILES string of the molecule is COc1ccc(NC(=S)Nc2ccccc2[N+](=O)[O-])cn1. The van der Waals surface area contributed by atoms with Crippen molar-refractivity contribution in [1.82, 2.24) is 4.98 Å². The summed E-state index contributed by atoms with van der Waals surface area (Å²) in [6.07, 6.45) is 1.55. The first-order valence-corrected chi connectivity index (χ1v) is 6.32. The molecule has 108 valence electrons. The van der Waals surface area contributed by atoms with Gasteiger partial charge in [-0.3, -0.25) is 10.1 Å². The zero-order valence-electron chi connectivity index (χ0n) is 11.1. The number of nitro benzene ring substituents is 1. The van der Waals surface area contributed by atoms with E-state index in [-0.39, 0.29) is 10.8 Å². The third-order valence-corrected chi connectivity index (χ3v) is 2.76. The van der Waals surface area contributed by atoms with Gasteiger partial charge in [-0.1, -0.05) is 12.1 Å². The van der Waals surface area contributed by atoms with Gasteiger partial charge in [0.1, 0.15) is 5.69 Å². The number of anilines is 2. The van der Waals surface area contributed by atoms with Crippen LogP contribution in [-0.2, 0) is 0 Å². The van der Waals surface area contributed by atoms with Crippen molar-refractivity contribution in [2.45, 2.75) is 0 Å². The van der Waals surface area contributed by atoms with E-state index >= 15 is 0 Å². The van der Waals surface area contributed by atoms with E-state index in [0.29, 0.717) is 17.3 Å². The van der Waals surface area contributed by atoms with Gasteiger partial charge in [-0.15, -0.1) is 0 Å². The van der Waals surface area contributed by atoms with Crippen molar-refractivity contribution in [2.75, 3.05) is 17.7 Å². The van der Waals surface area contributed by atoms with Crippen molar-refractivity contribution in [3.05, 3.63) is 52.7 Å². The standard InChI is InChI=1S/C13H12N4O3S/c1-20-12-7-6-9(8-14-12)15-13(21)16-10-4-2-3-5-11(10)17(18)19/h2-8H,1H3,(H2,15,16,21). The minimum absolute atomic E-state index is 0.0468. The van der Waals surface area contributed by atoms with Gasteiger partial charge in [0.05, 0.1) is 23.9 Å². The second-order valence-electron chi connectivity index (χ2n) is 3.94. The van der Waals surface area contributed by atoms with Crippen molar-refractivity contribution in [1.29, 1.82) is 0 Å². The van der Waals surface area contributed by atoms with Crippen LogP contribution in [0.1, 0.15) is 0 Å². The summed E-state index contributed by atoms with van der Waals surface area (Å²) in [6, 6.07) is 9.67. The van der Waals surface area contributed by atoms with Crippen molar-refractivity contribution >= 4 is 34.4 Å². The number of benzene rings is 1. The fourth-order valence-electron chi connectivity index (χ4n) is 1.60. The molecule has 7 nitrogen and oxygen atoms in total. The summed E-state index contributed by atoms with van der Waals surface area (Å²) in [5, 5.41) is 16.8. The fourth-order valence-corrected chi connectivity index (χ4v) is 1.83. The smallest absolute Gasteiger partial charge is 0.292 e. The zero-order chi connectivity index (χ0) is 15.2. The molecule has 1 heterocycles. The number of hydrogen-bond acceptors (Lipinski definition) is 5. The fraction of sp³-hybridized carbons (Fsp3) is 0.0769. The molecule has 0 saturated heterocycles. The Morgan fingerprint density at radius 2 is 2.05 bits per heavy atom. The van der Waals surface area contributed by atoms with E-state index in [0.717, 1.165) is 0 Å². The molecule has 21 heavy (non-hydrogen) atoms. The van der Waals surface area contributed by atoms with Crippen LogP contribution in [0.3, 0.4) is 0 Å². The number of rotatable bonds is 4. The molecular weight excluding hydrogens is 292 g/mol. The lowest BCUT2D eigenvalue weighted by atomic mass is 10.3. The van der Waals surface area contributed by atoms with E-state index in [9.17, 15) is 10.1 Å². The molecule has 0 atom stereocenters. The summed E-state index contributed by atoms with van der Waals surface area (Å²) in [5.74, 6) is 0.484. The minimum Gasteiger partial charge on any atom is -0.481 e. The molecule has 0 bridgehead atoms. The van der Waals surface area contributed by atoms with E-state index in [1.807, 2.05) is 0 Å². The van der Waals surface area contributed by atoms with E-state index in [2.05, 4.69) is 15.6 Å². The first-order chi connectivity index (χ1) is 10.1. The van der Waals surface area contributed by atoms with Crippen LogP contribution in [0.25, 0.3) is 0 Å². The Morgan fingerprint density at radius 3 is 2.67 bits per heavy atom. The van der Waals surface area contributed by atoms with Crippen LogP contribution >= 0.6 is 12.2 Å². The second kappa shape index (κ2) is 6.62. The van der Waals surface area contributed by atoms with E-state index in [4.69, 9.17) is 17.0 Å². The van der Waals surface area contributed by atoms with Crippen LogP contribution in [0.5, 0.6) is 5.88 Å². The molecule has 0 aliphatic heterocycles. The highest BCUT2D eigenvalue weighted by molar-refractivity contribution is 7.80. The van der Waals surface area contributed by atoms with E-state index in [1.54, 1.807) is 36.5 Å². The maximum atomic E-state index is 10.9. The number of nitrogens with zero attached hydrogens (tertiary/aromatic N) is 2. The Morgan fingerprint density at radius 1 is 1.29 bits per heavy atom. The molecule has 8 heteroatoms. The molecule has 0 aliphatic rings. The molecular formula is C13H12N4O3S. The number of para-hydroxylation sites is 2. The van der Waals surface area contributed by atoms with Gasteiger partial charge in [-0.2, -0.15) is 0 Å². The van der Waals surface area contributed by atoms with Crippen molar-refractivity contribution < 1.29 is 9.66 Å². The minimum atomic E-state index is -0.472. The number of aromatic nitrogens is 1. The molecule has 0 unspecified atom stereocenters. The Bertz CT molecular complexity index is 661. The van der Waals surface area contributed by atoms with Gasteiger partial charge in [0.25, 0.3) is 5.69 Å². The average Bonchev–Trinajstić information content (AvgIpc) is 2.48. The number of hydrogen-bond donors (Lipinski definition) is 2. The Balaban J connectivity index is 2.06. The summed E-state index contributed by atoms with van der Waals surface area (Å²) in [4.78, 5) is 14.5. The molecule has 2 N–H and O–H groups in total. The van der Waals surface area contributed by atoms with Crippen molar-refractivity contribution in [3.8, 4) is 5.88 Å². The lowest BCUT2D eigenvalue weighted by Gasteiger charge is -2.10. The molecule has 0 amide bonds. The van der Waals surface area contributed by atoms with Crippen molar-refractivity contribution in [3.63, 3.8) is 0 Å². The highest BCUT2D eigenvalue weighted by atomic mass is 32.1. The van der Waals surface area contributed by atoms with Crippen LogP contribution < -0.4 is 15.4 Å². The van der Waals surface area contributed by atoms with Gasteiger partial charge in [0.2, 0.25) is 5.88 Å². The molecule has 0 aliphatic carbocycles.